The highest BCUT2D eigenvalue weighted by Gasteiger charge is 2.39. The quantitative estimate of drug-likeness (QED) is 0.249. The average Bonchev–Trinajstić information content (AvgIpc) is 3.05. The zero-order chi connectivity index (χ0) is 32.5. The fourth-order valence-electron chi connectivity index (χ4n) is 6.48. The SMILES string of the molecule is CC(=O)O[C@@H](C)C(=O)NCc1ccccc1-c1ccc([C@H]2O[C@@H](CN3CCCCCCC3)[C@@H](C)[C@@H](c3ccc(CO)cc3)O2)cc1. The number of amides is 1. The molecule has 0 radical (unpaired) electrons. The first kappa shape index (κ1) is 33.8. The monoisotopic (exact) mass is 628 g/mol. The zero-order valence-electron chi connectivity index (χ0n) is 27.3. The van der Waals surface area contributed by atoms with Gasteiger partial charge in [-0.05, 0) is 60.7 Å². The summed E-state index contributed by atoms with van der Waals surface area (Å²) in [6, 6.07) is 24.3. The number of aliphatic hydroxyl groups is 1. The van der Waals surface area contributed by atoms with Gasteiger partial charge in [-0.3, -0.25) is 9.59 Å². The standard InChI is InChI=1S/C38H48N2O6/c1-26-35(24-40-21-9-5-4-6-10-22-40)45-38(46-36(26)31-15-13-29(25-41)14-16-31)32-19-17-30(18-20-32)34-12-8-7-11-33(34)23-39-37(43)27(2)44-28(3)42/h7-8,11-20,26-27,35-36,38,41H,4-6,9-10,21-25H2,1-3H3,(H,39,43)/t26-,27+,35+,36+,38+/m1/s1. The minimum Gasteiger partial charge on any atom is -0.453 e. The predicted octanol–water partition coefficient (Wildman–Crippen LogP) is 6.47. The minimum atomic E-state index is -0.855. The van der Waals surface area contributed by atoms with Crippen LogP contribution in [0, 0.1) is 5.92 Å². The molecule has 0 spiro atoms. The maximum Gasteiger partial charge on any atom is 0.303 e. The molecule has 246 valence electrons. The van der Waals surface area contributed by atoms with Gasteiger partial charge in [-0.2, -0.15) is 0 Å². The van der Waals surface area contributed by atoms with Gasteiger partial charge in [0.25, 0.3) is 5.91 Å². The van der Waals surface area contributed by atoms with E-state index >= 15 is 0 Å². The molecule has 5 atom stereocenters. The molecule has 0 unspecified atom stereocenters. The molecule has 2 fully saturated rings. The average molecular weight is 629 g/mol. The zero-order valence-corrected chi connectivity index (χ0v) is 27.3. The summed E-state index contributed by atoms with van der Waals surface area (Å²) in [6.45, 7) is 8.48. The third-order valence-electron chi connectivity index (χ3n) is 9.19. The first-order valence-electron chi connectivity index (χ1n) is 16.7. The second-order valence-electron chi connectivity index (χ2n) is 12.6. The Hall–Kier alpha value is -3.56. The minimum absolute atomic E-state index is 0.000850. The second-order valence-corrected chi connectivity index (χ2v) is 12.6. The molecule has 0 saturated carbocycles. The van der Waals surface area contributed by atoms with E-state index in [0.717, 1.165) is 53.0 Å². The van der Waals surface area contributed by atoms with Crippen LogP contribution >= 0.6 is 0 Å². The smallest absolute Gasteiger partial charge is 0.303 e. The summed E-state index contributed by atoms with van der Waals surface area (Å²) in [5.41, 5.74) is 5.89. The number of esters is 1. The predicted molar refractivity (Wildman–Crippen MR) is 177 cm³/mol. The van der Waals surface area contributed by atoms with Gasteiger partial charge in [-0.1, -0.05) is 99.0 Å². The first-order chi connectivity index (χ1) is 22.3. The topological polar surface area (TPSA) is 97.3 Å². The van der Waals surface area contributed by atoms with Crippen molar-refractivity contribution in [3.63, 3.8) is 0 Å². The van der Waals surface area contributed by atoms with Gasteiger partial charge in [-0.25, -0.2) is 0 Å². The second kappa shape index (κ2) is 16.3. The van der Waals surface area contributed by atoms with Crippen molar-refractivity contribution in [1.82, 2.24) is 10.2 Å². The van der Waals surface area contributed by atoms with E-state index in [9.17, 15) is 14.7 Å². The molecule has 8 heteroatoms. The summed E-state index contributed by atoms with van der Waals surface area (Å²) in [5, 5.41) is 12.5. The van der Waals surface area contributed by atoms with Crippen LogP contribution in [0.15, 0.2) is 72.8 Å². The van der Waals surface area contributed by atoms with E-state index in [1.165, 1.54) is 39.0 Å². The lowest BCUT2D eigenvalue weighted by Gasteiger charge is -2.43. The largest absolute Gasteiger partial charge is 0.453 e. The molecule has 3 aromatic carbocycles. The van der Waals surface area contributed by atoms with Gasteiger partial charge in [-0.15, -0.1) is 0 Å². The summed E-state index contributed by atoms with van der Waals surface area (Å²) >= 11 is 0. The number of carbonyl (C=O) groups is 2. The molecule has 46 heavy (non-hydrogen) atoms. The van der Waals surface area contributed by atoms with E-state index in [0.29, 0.717) is 6.54 Å². The van der Waals surface area contributed by atoms with E-state index in [4.69, 9.17) is 14.2 Å². The Morgan fingerprint density at radius 1 is 0.913 bits per heavy atom. The summed E-state index contributed by atoms with van der Waals surface area (Å²) < 4.78 is 18.5. The highest BCUT2D eigenvalue weighted by molar-refractivity contribution is 5.83. The third-order valence-corrected chi connectivity index (χ3v) is 9.19. The Morgan fingerprint density at radius 2 is 1.57 bits per heavy atom. The maximum atomic E-state index is 12.5. The summed E-state index contributed by atoms with van der Waals surface area (Å²) in [4.78, 5) is 26.3. The molecule has 2 N–H and O–H groups in total. The Balaban J connectivity index is 1.34. The van der Waals surface area contributed by atoms with Crippen molar-refractivity contribution in [2.75, 3.05) is 19.6 Å². The van der Waals surface area contributed by atoms with Crippen LogP contribution in [-0.4, -0.2) is 53.7 Å². The fourth-order valence-corrected chi connectivity index (χ4v) is 6.48. The number of hydrogen-bond acceptors (Lipinski definition) is 7. The van der Waals surface area contributed by atoms with Crippen molar-refractivity contribution in [1.29, 1.82) is 0 Å². The van der Waals surface area contributed by atoms with Crippen LogP contribution in [0.3, 0.4) is 0 Å². The number of rotatable bonds is 10. The fraction of sp³-hybridized carbons (Fsp3) is 0.474. The molecule has 5 rings (SSSR count). The Morgan fingerprint density at radius 3 is 2.24 bits per heavy atom. The molecule has 0 aromatic heterocycles. The third kappa shape index (κ3) is 8.82. The van der Waals surface area contributed by atoms with Crippen molar-refractivity contribution in [3.8, 4) is 11.1 Å². The lowest BCUT2D eigenvalue weighted by atomic mass is 9.89. The molecular formula is C38H48N2O6. The van der Waals surface area contributed by atoms with Gasteiger partial charge in [0.05, 0.1) is 18.8 Å². The van der Waals surface area contributed by atoms with Crippen molar-refractivity contribution >= 4 is 11.9 Å². The molecule has 3 aromatic rings. The Kier molecular flexibility index (Phi) is 12.0. The van der Waals surface area contributed by atoms with Gasteiger partial charge >= 0.3 is 5.97 Å². The van der Waals surface area contributed by atoms with Gasteiger partial charge in [0.15, 0.2) is 12.4 Å². The summed E-state index contributed by atoms with van der Waals surface area (Å²) in [6.07, 6.45) is 4.84. The highest BCUT2D eigenvalue weighted by atomic mass is 16.7. The Bertz CT molecular complexity index is 1420. The molecule has 2 aliphatic heterocycles. The number of aliphatic hydroxyl groups excluding tert-OH is 1. The van der Waals surface area contributed by atoms with Gasteiger partial charge in [0, 0.05) is 31.5 Å². The van der Waals surface area contributed by atoms with Gasteiger partial charge in [0.2, 0.25) is 0 Å². The van der Waals surface area contributed by atoms with Crippen LogP contribution in [0.4, 0.5) is 0 Å². The van der Waals surface area contributed by atoms with E-state index in [2.05, 4.69) is 53.5 Å². The number of nitrogens with one attached hydrogen (secondary N) is 1. The summed E-state index contributed by atoms with van der Waals surface area (Å²) in [7, 11) is 0. The van der Waals surface area contributed by atoms with E-state index in [-0.39, 0.29) is 30.6 Å². The van der Waals surface area contributed by atoms with Crippen LogP contribution in [-0.2, 0) is 37.0 Å². The number of hydrogen-bond donors (Lipinski definition) is 2. The molecule has 2 aliphatic rings. The normalized spacial score (nSPS) is 23.1. The molecule has 8 nitrogen and oxygen atoms in total. The van der Waals surface area contributed by atoms with Gasteiger partial charge in [0.1, 0.15) is 0 Å². The van der Waals surface area contributed by atoms with Gasteiger partial charge < -0.3 is 29.5 Å². The lowest BCUT2D eigenvalue weighted by molar-refractivity contribution is -0.276. The van der Waals surface area contributed by atoms with Crippen LogP contribution in [0.1, 0.15) is 87.5 Å². The van der Waals surface area contributed by atoms with E-state index < -0.39 is 18.4 Å². The van der Waals surface area contributed by atoms with Crippen molar-refractivity contribution < 1.29 is 28.9 Å². The Labute approximate surface area is 273 Å². The molecule has 0 bridgehead atoms. The van der Waals surface area contributed by atoms with E-state index in [1.807, 2.05) is 36.4 Å². The van der Waals surface area contributed by atoms with E-state index in [1.54, 1.807) is 6.92 Å². The first-order valence-corrected chi connectivity index (χ1v) is 16.7. The number of ether oxygens (including phenoxy) is 3. The van der Waals surface area contributed by atoms with Crippen LogP contribution in [0.2, 0.25) is 0 Å². The van der Waals surface area contributed by atoms with Crippen LogP contribution in [0.25, 0.3) is 11.1 Å². The lowest BCUT2D eigenvalue weighted by Crippen LogP contribution is -2.45. The maximum absolute atomic E-state index is 12.5. The summed E-state index contributed by atoms with van der Waals surface area (Å²) in [5.74, 6) is -0.684. The van der Waals surface area contributed by atoms with Crippen LogP contribution < -0.4 is 5.32 Å². The number of benzene rings is 3. The molecular weight excluding hydrogens is 580 g/mol. The van der Waals surface area contributed by atoms with Crippen molar-refractivity contribution in [2.45, 2.75) is 90.6 Å². The molecule has 2 heterocycles. The van der Waals surface area contributed by atoms with Crippen molar-refractivity contribution in [3.05, 3.63) is 95.1 Å². The number of likely N-dealkylation sites (tertiary alicyclic amines) is 1. The molecule has 2 saturated heterocycles. The number of carbonyl (C=O) groups excluding carboxylic acids is 2. The number of nitrogens with zero attached hydrogens (tertiary/aromatic N) is 1. The van der Waals surface area contributed by atoms with Crippen molar-refractivity contribution in [2.24, 2.45) is 5.92 Å². The highest BCUT2D eigenvalue weighted by Crippen LogP contribution is 2.42. The molecule has 1 amide bonds. The molecule has 0 aliphatic carbocycles. The van der Waals surface area contributed by atoms with Crippen LogP contribution in [0.5, 0.6) is 0 Å².